The van der Waals surface area contributed by atoms with Crippen molar-refractivity contribution >= 4 is 34.3 Å². The van der Waals surface area contributed by atoms with E-state index in [4.69, 9.17) is 4.74 Å². The molecule has 2 heterocycles. The Balaban J connectivity index is 1.82. The number of fused-ring (bicyclic) bond motifs is 3. The smallest absolute Gasteiger partial charge is 0.273 e. The number of hydrogen-bond acceptors (Lipinski definition) is 5. The van der Waals surface area contributed by atoms with Gasteiger partial charge in [-0.15, -0.1) is 0 Å². The summed E-state index contributed by atoms with van der Waals surface area (Å²) in [6.45, 7) is 4.58. The number of ether oxygens (including phenoxy) is 1. The van der Waals surface area contributed by atoms with Gasteiger partial charge in [0.1, 0.15) is 17.0 Å². The van der Waals surface area contributed by atoms with E-state index in [2.05, 4.69) is 10.6 Å². The van der Waals surface area contributed by atoms with E-state index in [-0.39, 0.29) is 23.8 Å². The van der Waals surface area contributed by atoms with Crippen LogP contribution in [0.2, 0.25) is 0 Å². The molecular formula is C26H37N5O4. The van der Waals surface area contributed by atoms with Crippen molar-refractivity contribution in [2.24, 2.45) is 0 Å². The van der Waals surface area contributed by atoms with Crippen LogP contribution in [-0.4, -0.2) is 78.0 Å². The van der Waals surface area contributed by atoms with Crippen LogP contribution in [0.1, 0.15) is 56.4 Å². The molecule has 1 aliphatic heterocycles. The van der Waals surface area contributed by atoms with Gasteiger partial charge in [-0.05, 0) is 52.1 Å². The molecule has 2 aromatic rings. The van der Waals surface area contributed by atoms with E-state index in [0.29, 0.717) is 42.2 Å². The van der Waals surface area contributed by atoms with Crippen LogP contribution in [0.3, 0.4) is 0 Å². The number of aromatic nitrogens is 1. The van der Waals surface area contributed by atoms with Crippen molar-refractivity contribution in [2.75, 3.05) is 39.6 Å². The molecule has 1 atom stereocenters. The Labute approximate surface area is 206 Å². The molecule has 1 aliphatic carbocycles. The number of methoxy groups -OCH3 is 1. The Bertz CT molecular complexity index is 1130. The largest absolute Gasteiger partial charge is 0.497 e. The molecule has 0 unspecified atom stereocenters. The molecule has 0 spiro atoms. The number of amides is 3. The maximum Gasteiger partial charge on any atom is 0.273 e. The second-order valence-electron chi connectivity index (χ2n) is 10.2. The summed E-state index contributed by atoms with van der Waals surface area (Å²) in [5.74, 6) is -0.0298. The summed E-state index contributed by atoms with van der Waals surface area (Å²) >= 11 is 0. The number of carbonyl (C=O) groups excluding carboxylic acids is 3. The Morgan fingerprint density at radius 2 is 1.91 bits per heavy atom. The fourth-order valence-electron chi connectivity index (χ4n) is 5.33. The van der Waals surface area contributed by atoms with E-state index < -0.39 is 5.54 Å². The van der Waals surface area contributed by atoms with Crippen molar-refractivity contribution in [1.82, 2.24) is 19.7 Å². The van der Waals surface area contributed by atoms with Crippen molar-refractivity contribution in [3.05, 3.63) is 23.9 Å². The van der Waals surface area contributed by atoms with Crippen molar-refractivity contribution in [3.63, 3.8) is 0 Å². The molecule has 2 N–H and O–H groups in total. The minimum atomic E-state index is -1.07. The monoisotopic (exact) mass is 483 g/mol. The molecule has 35 heavy (non-hydrogen) atoms. The van der Waals surface area contributed by atoms with Crippen LogP contribution in [0.4, 0.5) is 5.69 Å². The van der Waals surface area contributed by atoms with Gasteiger partial charge in [-0.2, -0.15) is 0 Å². The zero-order chi connectivity index (χ0) is 25.3. The first-order valence-electron chi connectivity index (χ1n) is 12.4. The number of carbonyl (C=O) groups is 3. The summed E-state index contributed by atoms with van der Waals surface area (Å²) in [5.41, 5.74) is 0.560. The average molecular weight is 484 g/mol. The summed E-state index contributed by atoms with van der Waals surface area (Å²) in [4.78, 5) is 43.7. The minimum Gasteiger partial charge on any atom is -0.497 e. The van der Waals surface area contributed by atoms with E-state index >= 15 is 0 Å². The van der Waals surface area contributed by atoms with Gasteiger partial charge in [-0.1, -0.05) is 19.3 Å². The Morgan fingerprint density at radius 1 is 1.20 bits per heavy atom. The number of benzene rings is 1. The Morgan fingerprint density at radius 3 is 2.54 bits per heavy atom. The molecule has 9 nitrogen and oxygen atoms in total. The van der Waals surface area contributed by atoms with Crippen LogP contribution in [0.25, 0.3) is 10.9 Å². The lowest BCUT2D eigenvalue weighted by atomic mass is 9.91. The maximum absolute atomic E-state index is 14.1. The number of hydrogen-bond donors (Lipinski definition) is 2. The maximum atomic E-state index is 14.1. The minimum absolute atomic E-state index is 0.126. The second kappa shape index (κ2) is 9.89. The summed E-state index contributed by atoms with van der Waals surface area (Å²) in [6.07, 6.45) is 5.36. The third-order valence-corrected chi connectivity index (χ3v) is 7.28. The zero-order valence-corrected chi connectivity index (χ0v) is 21.4. The van der Waals surface area contributed by atoms with Crippen LogP contribution in [0.5, 0.6) is 5.75 Å². The highest BCUT2D eigenvalue weighted by Gasteiger charge is 2.49. The molecule has 1 aromatic carbocycles. The third-order valence-electron chi connectivity index (χ3n) is 7.28. The Kier molecular flexibility index (Phi) is 7.07. The molecule has 1 saturated carbocycles. The van der Waals surface area contributed by atoms with Crippen LogP contribution < -0.4 is 15.4 Å². The fourth-order valence-corrected chi connectivity index (χ4v) is 5.33. The molecule has 190 valence electrons. The van der Waals surface area contributed by atoms with E-state index in [1.807, 2.05) is 48.7 Å². The van der Waals surface area contributed by atoms with Gasteiger partial charge < -0.3 is 29.7 Å². The number of nitrogens with one attached hydrogen (secondary N) is 2. The van der Waals surface area contributed by atoms with Gasteiger partial charge in [0, 0.05) is 31.4 Å². The summed E-state index contributed by atoms with van der Waals surface area (Å²) in [5, 5.41) is 6.84. The number of nitrogens with zero attached hydrogens (tertiary/aromatic N) is 3. The van der Waals surface area contributed by atoms with Crippen molar-refractivity contribution in [1.29, 1.82) is 0 Å². The van der Waals surface area contributed by atoms with Crippen LogP contribution >= 0.6 is 0 Å². The van der Waals surface area contributed by atoms with Crippen molar-refractivity contribution in [2.45, 2.75) is 64.1 Å². The molecule has 1 fully saturated rings. The van der Waals surface area contributed by atoms with Crippen LogP contribution in [-0.2, 0) is 16.1 Å². The molecule has 3 amide bonds. The lowest BCUT2D eigenvalue weighted by molar-refractivity contribution is -0.133. The van der Waals surface area contributed by atoms with E-state index in [1.54, 1.807) is 12.0 Å². The number of likely N-dealkylation sites (N-methyl/N-ethyl adjacent to an activating group) is 1. The molecule has 0 bridgehead atoms. The van der Waals surface area contributed by atoms with Gasteiger partial charge in [0.25, 0.3) is 5.91 Å². The Hall–Kier alpha value is -3.07. The molecule has 0 saturated heterocycles. The SMILES string of the molecule is COc1ccc2c(c1)c(NC(C)=O)c1n2C[C@@](C)(C(=O)NC2CCCCC2)N(CCN(C)C)C1=O. The summed E-state index contributed by atoms with van der Waals surface area (Å²) in [7, 11) is 5.47. The van der Waals surface area contributed by atoms with Gasteiger partial charge in [0.15, 0.2) is 0 Å². The predicted octanol–water partition coefficient (Wildman–Crippen LogP) is 2.83. The lowest BCUT2D eigenvalue weighted by Crippen LogP contribution is -2.65. The van der Waals surface area contributed by atoms with Crippen LogP contribution in [0, 0.1) is 0 Å². The van der Waals surface area contributed by atoms with Gasteiger partial charge in [0.2, 0.25) is 11.8 Å². The van der Waals surface area contributed by atoms with Gasteiger partial charge in [0.05, 0.1) is 24.9 Å². The van der Waals surface area contributed by atoms with Crippen molar-refractivity contribution in [3.8, 4) is 5.75 Å². The van der Waals surface area contributed by atoms with Gasteiger partial charge >= 0.3 is 0 Å². The standard InChI is InChI=1S/C26H37N5O4/c1-17(32)27-22-20-15-19(35-5)11-12-21(20)30-16-26(2,25(34)28-18-9-7-6-8-10-18)31(14-13-29(3)4)24(33)23(22)30/h11-12,15,18H,6-10,13-14,16H2,1-5H3,(H,27,32)(H,28,34)/t26-/m0/s1. The van der Waals surface area contributed by atoms with Crippen molar-refractivity contribution < 1.29 is 19.1 Å². The average Bonchev–Trinajstić information content (AvgIpc) is 3.11. The topological polar surface area (TPSA) is 95.9 Å². The predicted molar refractivity (Wildman–Crippen MR) is 136 cm³/mol. The molecule has 2 aliphatic rings. The quantitative estimate of drug-likeness (QED) is 0.631. The third kappa shape index (κ3) is 4.74. The zero-order valence-electron chi connectivity index (χ0n) is 21.4. The van der Waals surface area contributed by atoms with E-state index in [9.17, 15) is 14.4 Å². The first-order valence-corrected chi connectivity index (χ1v) is 12.4. The van der Waals surface area contributed by atoms with Gasteiger partial charge in [-0.3, -0.25) is 14.4 Å². The molecule has 0 radical (unpaired) electrons. The number of anilines is 1. The second-order valence-corrected chi connectivity index (χ2v) is 10.2. The molecular weight excluding hydrogens is 446 g/mol. The first kappa shape index (κ1) is 25.0. The lowest BCUT2D eigenvalue weighted by Gasteiger charge is -2.45. The normalized spacial score (nSPS) is 20.7. The first-order chi connectivity index (χ1) is 16.7. The van der Waals surface area contributed by atoms with E-state index in [0.717, 1.165) is 31.2 Å². The fraction of sp³-hybridized carbons (Fsp3) is 0.577. The highest BCUT2D eigenvalue weighted by Crippen LogP contribution is 2.40. The highest BCUT2D eigenvalue weighted by atomic mass is 16.5. The molecule has 1 aromatic heterocycles. The summed E-state index contributed by atoms with van der Waals surface area (Å²) in [6, 6.07) is 5.67. The summed E-state index contributed by atoms with van der Waals surface area (Å²) < 4.78 is 7.29. The number of rotatable bonds is 7. The van der Waals surface area contributed by atoms with Crippen LogP contribution in [0.15, 0.2) is 18.2 Å². The van der Waals surface area contributed by atoms with E-state index in [1.165, 1.54) is 13.3 Å². The highest BCUT2D eigenvalue weighted by molar-refractivity contribution is 6.14. The molecule has 4 rings (SSSR count). The molecule has 9 heteroatoms. The van der Waals surface area contributed by atoms with Gasteiger partial charge in [-0.25, -0.2) is 0 Å².